The number of thioether (sulfide) groups is 1. The Morgan fingerprint density at radius 1 is 1.28 bits per heavy atom. The summed E-state index contributed by atoms with van der Waals surface area (Å²) in [6.45, 7) is 4.05. The van der Waals surface area contributed by atoms with Gasteiger partial charge in [-0.3, -0.25) is 0 Å². The van der Waals surface area contributed by atoms with E-state index in [2.05, 4.69) is 37.4 Å². The molecule has 1 rings (SSSR count). The van der Waals surface area contributed by atoms with Crippen LogP contribution in [0.15, 0.2) is 18.2 Å². The van der Waals surface area contributed by atoms with Gasteiger partial charge >= 0.3 is 0 Å². The van der Waals surface area contributed by atoms with E-state index in [1.54, 1.807) is 11.8 Å². The first-order chi connectivity index (χ1) is 8.58. The van der Waals surface area contributed by atoms with E-state index >= 15 is 0 Å². The molecule has 2 unspecified atom stereocenters. The lowest BCUT2D eigenvalue weighted by atomic mass is 10.0. The molecule has 18 heavy (non-hydrogen) atoms. The van der Waals surface area contributed by atoms with Crippen molar-refractivity contribution in [3.05, 3.63) is 34.9 Å². The molecule has 0 amide bonds. The highest BCUT2D eigenvalue weighted by atomic mass is 32.2. The zero-order valence-corrected chi connectivity index (χ0v) is 12.1. The maximum atomic E-state index is 9.32. The summed E-state index contributed by atoms with van der Waals surface area (Å²) in [7, 11) is 1.95. The van der Waals surface area contributed by atoms with Crippen LogP contribution in [0, 0.1) is 13.8 Å². The second-order valence-electron chi connectivity index (χ2n) is 4.58. The molecular formula is C14H23NO2S. The first kappa shape index (κ1) is 15.5. The van der Waals surface area contributed by atoms with Crippen molar-refractivity contribution in [2.45, 2.75) is 26.0 Å². The van der Waals surface area contributed by atoms with Crippen molar-refractivity contribution in [1.29, 1.82) is 0 Å². The predicted molar refractivity (Wildman–Crippen MR) is 78.1 cm³/mol. The van der Waals surface area contributed by atoms with Crippen LogP contribution < -0.4 is 5.32 Å². The van der Waals surface area contributed by atoms with Gasteiger partial charge in [-0.05, 0) is 32.0 Å². The number of aryl methyl sites for hydroxylation is 2. The highest BCUT2D eigenvalue weighted by Crippen LogP contribution is 2.23. The van der Waals surface area contributed by atoms with Gasteiger partial charge in [-0.15, -0.1) is 0 Å². The highest BCUT2D eigenvalue weighted by Gasteiger charge is 2.13. The second kappa shape index (κ2) is 7.79. The Labute approximate surface area is 114 Å². The molecule has 0 radical (unpaired) electrons. The topological polar surface area (TPSA) is 52.5 Å². The second-order valence-corrected chi connectivity index (χ2v) is 5.65. The third-order valence-electron chi connectivity index (χ3n) is 2.96. The first-order valence-electron chi connectivity index (χ1n) is 6.19. The predicted octanol–water partition coefficient (Wildman–Crippen LogP) is 1.65. The van der Waals surface area contributed by atoms with Crippen LogP contribution in [0.1, 0.15) is 22.7 Å². The summed E-state index contributed by atoms with van der Waals surface area (Å²) in [6, 6.07) is 6.75. The lowest BCUT2D eigenvalue weighted by molar-refractivity contribution is 0.113. The summed E-state index contributed by atoms with van der Waals surface area (Å²) in [5, 5.41) is 21.4. The summed E-state index contributed by atoms with van der Waals surface area (Å²) in [6.07, 6.45) is -0.619. The van der Waals surface area contributed by atoms with Crippen molar-refractivity contribution in [3.8, 4) is 0 Å². The third-order valence-corrected chi connectivity index (χ3v) is 4.15. The Morgan fingerprint density at radius 3 is 2.61 bits per heavy atom. The molecule has 1 aromatic carbocycles. The minimum absolute atomic E-state index is 0.166. The third kappa shape index (κ3) is 4.61. The van der Waals surface area contributed by atoms with E-state index in [9.17, 15) is 5.11 Å². The Hall–Kier alpha value is -0.550. The van der Waals surface area contributed by atoms with E-state index in [-0.39, 0.29) is 12.6 Å². The number of rotatable bonds is 7. The summed E-state index contributed by atoms with van der Waals surface area (Å²) >= 11 is 1.66. The minimum atomic E-state index is -0.619. The van der Waals surface area contributed by atoms with Gasteiger partial charge in [0.05, 0.1) is 12.7 Å². The van der Waals surface area contributed by atoms with Gasteiger partial charge in [-0.2, -0.15) is 11.8 Å². The quantitative estimate of drug-likeness (QED) is 0.704. The molecule has 0 aliphatic rings. The van der Waals surface area contributed by atoms with Crippen LogP contribution in [0.4, 0.5) is 0 Å². The maximum Gasteiger partial charge on any atom is 0.0861 e. The Balaban J connectivity index is 2.62. The van der Waals surface area contributed by atoms with Crippen LogP contribution in [0.25, 0.3) is 0 Å². The van der Waals surface area contributed by atoms with Gasteiger partial charge in [0.15, 0.2) is 0 Å². The zero-order chi connectivity index (χ0) is 13.5. The zero-order valence-electron chi connectivity index (χ0n) is 11.3. The van der Waals surface area contributed by atoms with Gasteiger partial charge in [-0.25, -0.2) is 0 Å². The van der Waals surface area contributed by atoms with E-state index in [1.807, 2.05) is 7.05 Å². The van der Waals surface area contributed by atoms with Gasteiger partial charge in [0.25, 0.3) is 0 Å². The molecule has 0 spiro atoms. The number of hydrogen-bond donors (Lipinski definition) is 3. The molecule has 4 heteroatoms. The van der Waals surface area contributed by atoms with Crippen molar-refractivity contribution < 1.29 is 10.2 Å². The van der Waals surface area contributed by atoms with E-state index in [0.717, 1.165) is 5.75 Å². The van der Waals surface area contributed by atoms with Crippen molar-refractivity contribution in [1.82, 2.24) is 5.32 Å². The van der Waals surface area contributed by atoms with Crippen LogP contribution in [0.5, 0.6) is 0 Å². The molecule has 0 aliphatic carbocycles. The summed E-state index contributed by atoms with van der Waals surface area (Å²) in [4.78, 5) is 0. The molecule has 0 heterocycles. The molecule has 3 N–H and O–H groups in total. The van der Waals surface area contributed by atoms with Crippen molar-refractivity contribution in [2.75, 3.05) is 25.2 Å². The van der Waals surface area contributed by atoms with Crippen LogP contribution >= 0.6 is 11.8 Å². The Bertz CT molecular complexity index is 371. The van der Waals surface area contributed by atoms with Gasteiger partial charge in [0, 0.05) is 17.5 Å². The Morgan fingerprint density at radius 2 is 2.00 bits per heavy atom. The number of benzene rings is 1. The standard InChI is InChI=1S/C14H23NO2S/c1-10-4-5-11(2)13(6-10)14(15-3)9-18-8-12(17)7-16/h4-6,12,14-17H,7-9H2,1-3H3. The average Bonchev–Trinajstić information content (AvgIpc) is 2.37. The number of nitrogens with one attached hydrogen (secondary N) is 1. The summed E-state index contributed by atoms with van der Waals surface area (Å²) in [5.41, 5.74) is 3.85. The molecule has 3 nitrogen and oxygen atoms in total. The molecule has 1 aromatic rings. The molecule has 0 saturated carbocycles. The van der Waals surface area contributed by atoms with E-state index in [4.69, 9.17) is 5.11 Å². The van der Waals surface area contributed by atoms with Gasteiger partial charge in [0.2, 0.25) is 0 Å². The first-order valence-corrected chi connectivity index (χ1v) is 7.35. The number of aliphatic hydroxyl groups excluding tert-OH is 2. The highest BCUT2D eigenvalue weighted by molar-refractivity contribution is 7.99. The fraction of sp³-hybridized carbons (Fsp3) is 0.571. The monoisotopic (exact) mass is 269 g/mol. The van der Waals surface area contributed by atoms with Gasteiger partial charge in [-0.1, -0.05) is 23.8 Å². The van der Waals surface area contributed by atoms with Crippen molar-refractivity contribution in [3.63, 3.8) is 0 Å². The van der Waals surface area contributed by atoms with Crippen LogP contribution in [0.3, 0.4) is 0 Å². The molecule has 102 valence electrons. The van der Waals surface area contributed by atoms with Crippen LogP contribution in [-0.4, -0.2) is 41.5 Å². The molecule has 0 aliphatic heterocycles. The minimum Gasteiger partial charge on any atom is -0.394 e. The smallest absolute Gasteiger partial charge is 0.0861 e. The summed E-state index contributed by atoms with van der Waals surface area (Å²) < 4.78 is 0. The summed E-state index contributed by atoms with van der Waals surface area (Å²) in [5.74, 6) is 1.46. The number of hydrogen-bond acceptors (Lipinski definition) is 4. The average molecular weight is 269 g/mol. The van der Waals surface area contributed by atoms with Gasteiger partial charge < -0.3 is 15.5 Å². The molecular weight excluding hydrogens is 246 g/mol. The van der Waals surface area contributed by atoms with Crippen molar-refractivity contribution >= 4 is 11.8 Å². The lowest BCUT2D eigenvalue weighted by Crippen LogP contribution is -2.22. The molecule has 2 atom stereocenters. The molecule has 0 aromatic heterocycles. The number of aliphatic hydroxyl groups is 2. The van der Waals surface area contributed by atoms with Crippen molar-refractivity contribution in [2.24, 2.45) is 0 Å². The molecule has 0 saturated heterocycles. The van der Waals surface area contributed by atoms with Gasteiger partial charge in [0.1, 0.15) is 0 Å². The molecule has 0 bridgehead atoms. The lowest BCUT2D eigenvalue weighted by Gasteiger charge is -2.19. The SMILES string of the molecule is CNC(CSCC(O)CO)c1cc(C)ccc1C. The normalized spacial score (nSPS) is 14.5. The van der Waals surface area contributed by atoms with E-state index in [0.29, 0.717) is 5.75 Å². The Kier molecular flexibility index (Phi) is 6.71. The largest absolute Gasteiger partial charge is 0.394 e. The maximum absolute atomic E-state index is 9.32. The van der Waals surface area contributed by atoms with Crippen LogP contribution in [-0.2, 0) is 0 Å². The van der Waals surface area contributed by atoms with E-state index in [1.165, 1.54) is 16.7 Å². The van der Waals surface area contributed by atoms with E-state index < -0.39 is 6.10 Å². The van der Waals surface area contributed by atoms with Crippen LogP contribution in [0.2, 0.25) is 0 Å². The molecule has 0 fully saturated rings. The fourth-order valence-corrected chi connectivity index (χ4v) is 2.93. The fourth-order valence-electron chi connectivity index (χ4n) is 1.84.